The summed E-state index contributed by atoms with van der Waals surface area (Å²) in [7, 11) is 3.02. The third kappa shape index (κ3) is 8.01. The Hall–Kier alpha value is -4.71. The maximum absolute atomic E-state index is 13.6. The van der Waals surface area contributed by atoms with Crippen LogP contribution < -0.4 is 19.1 Å². The van der Waals surface area contributed by atoms with Crippen molar-refractivity contribution in [2.75, 3.05) is 38.8 Å². The number of piperidine rings is 3. The number of esters is 1. The fraction of sp³-hybridized carbons (Fsp3) is 0.324. The topological polar surface area (TPSA) is 125 Å². The Morgan fingerprint density at radius 3 is 2.30 bits per heavy atom. The van der Waals surface area contributed by atoms with Gasteiger partial charge in [-0.2, -0.15) is 4.73 Å². The number of aromatic nitrogens is 1. The molecule has 1 N–H and O–H groups in total. The van der Waals surface area contributed by atoms with Gasteiger partial charge in [-0.3, -0.25) is 9.80 Å². The van der Waals surface area contributed by atoms with Gasteiger partial charge in [-0.05, 0) is 79.4 Å². The fourth-order valence-electron chi connectivity index (χ4n) is 6.48. The number of hydrogen-bond donors (Lipinski definition) is 1. The lowest BCUT2D eigenvalue weighted by molar-refractivity contribution is -0.605. The maximum Gasteiger partial charge on any atom is 0.414 e. The summed E-state index contributed by atoms with van der Waals surface area (Å²) in [6.07, 6.45) is 2.86. The van der Waals surface area contributed by atoms with E-state index in [0.717, 1.165) is 31.5 Å². The van der Waals surface area contributed by atoms with E-state index in [9.17, 15) is 19.9 Å². The van der Waals surface area contributed by atoms with Crippen molar-refractivity contribution in [1.29, 1.82) is 0 Å². The van der Waals surface area contributed by atoms with Crippen LogP contribution in [0, 0.1) is 11.1 Å². The second-order valence-corrected chi connectivity index (χ2v) is 13.2. The molecule has 1 aromatic heterocycles. The molecule has 50 heavy (non-hydrogen) atoms. The molecule has 0 saturated carbocycles. The summed E-state index contributed by atoms with van der Waals surface area (Å²) in [5, 5.41) is 22.3. The van der Waals surface area contributed by atoms with Crippen LogP contribution in [0.5, 0.6) is 17.2 Å². The van der Waals surface area contributed by atoms with Gasteiger partial charge in [0.15, 0.2) is 23.9 Å². The second-order valence-electron chi connectivity index (χ2n) is 12.4. The predicted octanol–water partition coefficient (Wildman–Crippen LogP) is 6.73. The summed E-state index contributed by atoms with van der Waals surface area (Å²) in [5.41, 5.74) is 2.49. The number of methoxy groups -OCH3 is 2. The van der Waals surface area contributed by atoms with E-state index in [1.54, 1.807) is 54.6 Å². The molecule has 7 rings (SSSR count). The van der Waals surface area contributed by atoms with Crippen LogP contribution in [0.3, 0.4) is 0 Å². The zero-order valence-corrected chi connectivity index (χ0v) is 29.1. The van der Waals surface area contributed by atoms with E-state index < -0.39 is 18.2 Å². The molecule has 0 unspecified atom stereocenters. The average Bonchev–Trinajstić information content (AvgIpc) is 3.11. The van der Waals surface area contributed by atoms with Crippen molar-refractivity contribution in [2.45, 2.75) is 38.0 Å². The highest BCUT2D eigenvalue weighted by Gasteiger charge is 2.37. The summed E-state index contributed by atoms with van der Waals surface area (Å²) >= 11 is 12.8. The molecule has 0 radical (unpaired) electrons. The highest BCUT2D eigenvalue weighted by atomic mass is 35.5. The van der Waals surface area contributed by atoms with Gasteiger partial charge < -0.3 is 29.3 Å². The monoisotopic (exact) mass is 721 g/mol. The number of carbonyl (C=O) groups is 2. The van der Waals surface area contributed by atoms with Gasteiger partial charge in [-0.1, -0.05) is 47.5 Å². The van der Waals surface area contributed by atoms with E-state index in [0.29, 0.717) is 45.5 Å². The molecule has 0 spiro atoms. The Labute approximate surface area is 300 Å². The minimum absolute atomic E-state index is 0.0237. The summed E-state index contributed by atoms with van der Waals surface area (Å²) in [6.45, 7) is 2.90. The number of aromatic hydroxyl groups is 1. The molecule has 4 aromatic rings. The first-order valence-corrected chi connectivity index (χ1v) is 17.0. The van der Waals surface area contributed by atoms with Gasteiger partial charge in [0.25, 0.3) is 0 Å². The summed E-state index contributed by atoms with van der Waals surface area (Å²) in [4.78, 5) is 31.0. The number of nitrogens with zero attached hydrogens (tertiary/aromatic N) is 3. The predicted molar refractivity (Wildman–Crippen MR) is 187 cm³/mol. The van der Waals surface area contributed by atoms with Crippen LogP contribution in [0.4, 0.5) is 10.5 Å². The SMILES string of the molecule is COc1ccc([C@H](Cc2c(Cl)c[n+]([O-])cc2Cl)OC(=O)c2ccc(CN(C(=O)O[C@H]3CN4CCC3CC4)c3cccc(O)c3)cc2)cc1OC. The van der Waals surface area contributed by atoms with Gasteiger partial charge in [0.05, 0.1) is 32.0 Å². The van der Waals surface area contributed by atoms with Crippen molar-refractivity contribution in [3.63, 3.8) is 0 Å². The van der Waals surface area contributed by atoms with Gasteiger partial charge >= 0.3 is 12.1 Å². The molecule has 3 aliphatic rings. The molecule has 3 fully saturated rings. The fourth-order valence-corrected chi connectivity index (χ4v) is 7.08. The van der Waals surface area contributed by atoms with Crippen molar-refractivity contribution in [3.05, 3.63) is 117 Å². The smallest absolute Gasteiger partial charge is 0.414 e. The Kier molecular flexibility index (Phi) is 10.9. The highest BCUT2D eigenvalue weighted by molar-refractivity contribution is 6.35. The van der Waals surface area contributed by atoms with Gasteiger partial charge in [-0.15, -0.1) is 0 Å². The Bertz CT molecular complexity index is 1830. The van der Waals surface area contributed by atoms with Gasteiger partial charge in [0.1, 0.15) is 28.0 Å². The number of halogens is 2. The summed E-state index contributed by atoms with van der Waals surface area (Å²) in [5.74, 6) is 0.662. The number of rotatable bonds is 11. The number of phenolic OH excluding ortho intramolecular Hbond substituents is 1. The average molecular weight is 723 g/mol. The normalized spacial score (nSPS) is 18.6. The van der Waals surface area contributed by atoms with Crippen LogP contribution in [-0.4, -0.2) is 62.0 Å². The molecular weight excluding hydrogens is 685 g/mol. The van der Waals surface area contributed by atoms with Crippen LogP contribution in [0.1, 0.15) is 46.0 Å². The van der Waals surface area contributed by atoms with Gasteiger partial charge in [-0.25, -0.2) is 9.59 Å². The molecule has 2 atom stereocenters. The van der Waals surface area contributed by atoms with Crippen LogP contribution in [0.25, 0.3) is 0 Å². The Balaban J connectivity index is 1.22. The zero-order valence-electron chi connectivity index (χ0n) is 27.6. The van der Waals surface area contributed by atoms with Crippen LogP contribution >= 0.6 is 23.2 Å². The lowest BCUT2D eigenvalue weighted by Gasteiger charge is -2.44. The summed E-state index contributed by atoms with van der Waals surface area (Å²) in [6, 6.07) is 18.3. The quantitative estimate of drug-likeness (QED) is 0.102. The molecule has 0 aliphatic carbocycles. The number of carbonyl (C=O) groups excluding carboxylic acids is 2. The molecule has 2 bridgehead atoms. The molecule has 3 aliphatic heterocycles. The maximum atomic E-state index is 13.6. The number of benzene rings is 3. The largest absolute Gasteiger partial charge is 0.619 e. The number of pyridine rings is 1. The first kappa shape index (κ1) is 35.1. The van der Waals surface area contributed by atoms with Crippen molar-refractivity contribution in [3.8, 4) is 17.2 Å². The first-order valence-electron chi connectivity index (χ1n) is 16.2. The minimum atomic E-state index is -0.873. The molecule has 262 valence electrons. The Morgan fingerprint density at radius 2 is 1.68 bits per heavy atom. The lowest BCUT2D eigenvalue weighted by atomic mass is 9.86. The third-order valence-electron chi connectivity index (χ3n) is 9.22. The number of fused-ring (bicyclic) bond motifs is 3. The summed E-state index contributed by atoms with van der Waals surface area (Å²) < 4.78 is 23.4. The van der Waals surface area contributed by atoms with Gasteiger partial charge in [0.2, 0.25) is 0 Å². The van der Waals surface area contributed by atoms with E-state index in [2.05, 4.69) is 4.90 Å². The van der Waals surface area contributed by atoms with Crippen molar-refractivity contribution < 1.29 is 38.4 Å². The number of ether oxygens (including phenoxy) is 4. The molecule has 13 heteroatoms. The van der Waals surface area contributed by atoms with E-state index >= 15 is 0 Å². The molecule has 3 saturated heterocycles. The third-order valence-corrected chi connectivity index (χ3v) is 9.87. The van der Waals surface area contributed by atoms with E-state index in [1.165, 1.54) is 43.6 Å². The van der Waals surface area contributed by atoms with E-state index in [4.69, 9.17) is 42.1 Å². The van der Waals surface area contributed by atoms with E-state index in [1.807, 2.05) is 0 Å². The number of anilines is 1. The second kappa shape index (κ2) is 15.5. The number of hydrogen-bond acceptors (Lipinski definition) is 9. The first-order chi connectivity index (χ1) is 24.1. The van der Waals surface area contributed by atoms with Crippen LogP contribution in [0.2, 0.25) is 10.0 Å². The van der Waals surface area contributed by atoms with E-state index in [-0.39, 0.29) is 40.4 Å². The standard InChI is InChI=1S/C37H37Cl2N3O8/c1-47-32-11-10-26(16-34(32)48-2)33(18-29-30(38)20-41(46)21-31(29)39)49-36(44)25-8-6-23(7-9-25)19-42(27-4-3-5-28(43)17-27)37(45)50-35-22-40-14-12-24(35)13-15-40/h3-11,16-17,20-21,24,33,35,43H,12-15,18-19,22H2,1-2H3/t33-,35-/m0/s1. The van der Waals surface area contributed by atoms with Crippen LogP contribution in [0.15, 0.2) is 79.1 Å². The number of amides is 1. The molecule has 4 heterocycles. The Morgan fingerprint density at radius 1 is 0.980 bits per heavy atom. The molecule has 3 aromatic carbocycles. The minimum Gasteiger partial charge on any atom is -0.619 e. The van der Waals surface area contributed by atoms with Crippen molar-refractivity contribution in [1.82, 2.24) is 4.90 Å². The highest BCUT2D eigenvalue weighted by Crippen LogP contribution is 2.36. The molecular formula is C37H37Cl2N3O8. The number of phenols is 1. The van der Waals surface area contributed by atoms with Gasteiger partial charge in [0, 0.05) is 24.6 Å². The molecule has 1 amide bonds. The van der Waals surface area contributed by atoms with Crippen LogP contribution in [-0.2, 0) is 22.4 Å². The van der Waals surface area contributed by atoms with Crippen molar-refractivity contribution >= 4 is 41.0 Å². The van der Waals surface area contributed by atoms with Crippen molar-refractivity contribution in [2.24, 2.45) is 5.92 Å². The molecule has 11 nitrogen and oxygen atoms in total. The lowest BCUT2D eigenvalue weighted by Crippen LogP contribution is -2.53. The zero-order chi connectivity index (χ0) is 35.4.